The number of carbonyl (C=O) groups is 1. The molecule has 4 heteroatoms. The zero-order valence-corrected chi connectivity index (χ0v) is 11.4. The average molecular weight is 264 g/mol. The standard InChI is InChI=1S/C15H24N2O2/c16-10-13(12-5-2-1-3-6-12)9-15(18)17-11-14-7-4-8-19-14/h4,7-8,12-13H,1-3,5-6,9-11,16H2,(H,17,18). The van der Waals surface area contributed by atoms with E-state index in [1.165, 1.54) is 32.1 Å². The third-order valence-electron chi connectivity index (χ3n) is 4.11. The maximum atomic E-state index is 11.9. The van der Waals surface area contributed by atoms with Crippen molar-refractivity contribution in [1.82, 2.24) is 5.32 Å². The molecule has 1 fully saturated rings. The lowest BCUT2D eigenvalue weighted by Gasteiger charge is -2.29. The number of rotatable bonds is 6. The van der Waals surface area contributed by atoms with Gasteiger partial charge in [-0.25, -0.2) is 0 Å². The number of hydrogen-bond acceptors (Lipinski definition) is 3. The van der Waals surface area contributed by atoms with Crippen LogP contribution >= 0.6 is 0 Å². The molecule has 3 N–H and O–H groups in total. The summed E-state index contributed by atoms with van der Waals surface area (Å²) in [5.74, 6) is 1.83. The molecule has 0 bridgehead atoms. The highest BCUT2D eigenvalue weighted by Crippen LogP contribution is 2.31. The zero-order valence-electron chi connectivity index (χ0n) is 11.4. The van der Waals surface area contributed by atoms with Gasteiger partial charge in [-0.3, -0.25) is 4.79 Å². The van der Waals surface area contributed by atoms with E-state index < -0.39 is 0 Å². The SMILES string of the molecule is NCC(CC(=O)NCc1ccco1)C1CCCCC1. The Morgan fingerprint density at radius 1 is 1.42 bits per heavy atom. The van der Waals surface area contributed by atoms with Crippen molar-refractivity contribution in [3.63, 3.8) is 0 Å². The van der Waals surface area contributed by atoms with E-state index in [0.29, 0.717) is 31.3 Å². The third-order valence-corrected chi connectivity index (χ3v) is 4.11. The molecule has 0 radical (unpaired) electrons. The van der Waals surface area contributed by atoms with Crippen LogP contribution in [0.2, 0.25) is 0 Å². The molecule has 0 spiro atoms. The number of hydrogen-bond donors (Lipinski definition) is 2. The van der Waals surface area contributed by atoms with Gasteiger partial charge in [0.1, 0.15) is 5.76 Å². The lowest BCUT2D eigenvalue weighted by molar-refractivity contribution is -0.122. The summed E-state index contributed by atoms with van der Waals surface area (Å²) in [4.78, 5) is 11.9. The Hall–Kier alpha value is -1.29. The second-order valence-corrected chi connectivity index (χ2v) is 5.45. The summed E-state index contributed by atoms with van der Waals surface area (Å²) in [6, 6.07) is 3.69. The Bertz CT molecular complexity index is 370. The molecule has 19 heavy (non-hydrogen) atoms. The average Bonchev–Trinajstić information content (AvgIpc) is 2.97. The van der Waals surface area contributed by atoms with Gasteiger partial charge in [-0.1, -0.05) is 32.1 Å². The van der Waals surface area contributed by atoms with E-state index in [0.717, 1.165) is 5.76 Å². The molecular formula is C15H24N2O2. The quantitative estimate of drug-likeness (QED) is 0.829. The molecule has 106 valence electrons. The van der Waals surface area contributed by atoms with Gasteiger partial charge in [-0.15, -0.1) is 0 Å². The summed E-state index contributed by atoms with van der Waals surface area (Å²) < 4.78 is 5.19. The van der Waals surface area contributed by atoms with Crippen LogP contribution < -0.4 is 11.1 Å². The van der Waals surface area contributed by atoms with Gasteiger partial charge in [-0.2, -0.15) is 0 Å². The van der Waals surface area contributed by atoms with Crippen molar-refractivity contribution in [2.24, 2.45) is 17.6 Å². The molecule has 1 aliphatic rings. The fraction of sp³-hybridized carbons (Fsp3) is 0.667. The summed E-state index contributed by atoms with van der Waals surface area (Å²) in [5, 5.41) is 2.90. The maximum absolute atomic E-state index is 11.9. The topological polar surface area (TPSA) is 68.3 Å². The van der Waals surface area contributed by atoms with Crippen molar-refractivity contribution in [2.75, 3.05) is 6.54 Å². The van der Waals surface area contributed by atoms with Crippen molar-refractivity contribution in [3.05, 3.63) is 24.2 Å². The molecule has 1 saturated carbocycles. The first-order valence-corrected chi connectivity index (χ1v) is 7.28. The molecule has 1 atom stereocenters. The van der Waals surface area contributed by atoms with Gasteiger partial charge in [0.25, 0.3) is 0 Å². The lowest BCUT2D eigenvalue weighted by atomic mass is 9.78. The van der Waals surface area contributed by atoms with E-state index in [-0.39, 0.29) is 5.91 Å². The van der Waals surface area contributed by atoms with E-state index in [1.807, 2.05) is 12.1 Å². The molecule has 1 amide bonds. The number of nitrogens with one attached hydrogen (secondary N) is 1. The number of furan rings is 1. The van der Waals surface area contributed by atoms with Crippen LogP contribution in [0, 0.1) is 11.8 Å². The van der Waals surface area contributed by atoms with Crippen LogP contribution in [-0.4, -0.2) is 12.5 Å². The second kappa shape index (κ2) is 7.34. The summed E-state index contributed by atoms with van der Waals surface area (Å²) in [6.07, 6.45) is 8.53. The summed E-state index contributed by atoms with van der Waals surface area (Å²) in [7, 11) is 0. The van der Waals surface area contributed by atoms with Gasteiger partial charge in [0.2, 0.25) is 5.91 Å². The summed E-state index contributed by atoms with van der Waals surface area (Å²) >= 11 is 0. The predicted molar refractivity (Wildman–Crippen MR) is 74.3 cm³/mol. The number of amides is 1. The van der Waals surface area contributed by atoms with Crippen LogP contribution in [-0.2, 0) is 11.3 Å². The van der Waals surface area contributed by atoms with Crippen molar-refractivity contribution in [3.8, 4) is 0 Å². The van der Waals surface area contributed by atoms with Gasteiger partial charge >= 0.3 is 0 Å². The smallest absolute Gasteiger partial charge is 0.220 e. The molecule has 2 rings (SSSR count). The van der Waals surface area contributed by atoms with Crippen LogP contribution in [0.1, 0.15) is 44.3 Å². The fourth-order valence-corrected chi connectivity index (χ4v) is 2.96. The molecule has 0 aliphatic heterocycles. The maximum Gasteiger partial charge on any atom is 0.220 e. The fourth-order valence-electron chi connectivity index (χ4n) is 2.96. The predicted octanol–water partition coefficient (Wildman–Crippen LogP) is 2.44. The molecule has 1 aliphatic carbocycles. The zero-order chi connectivity index (χ0) is 13.5. The van der Waals surface area contributed by atoms with E-state index in [4.69, 9.17) is 10.2 Å². The normalized spacial score (nSPS) is 18.2. The lowest BCUT2D eigenvalue weighted by Crippen LogP contribution is -2.32. The Kier molecular flexibility index (Phi) is 5.45. The van der Waals surface area contributed by atoms with Gasteiger partial charge < -0.3 is 15.5 Å². The Labute approximate surface area is 114 Å². The summed E-state index contributed by atoms with van der Waals surface area (Å²) in [5.41, 5.74) is 5.84. The second-order valence-electron chi connectivity index (χ2n) is 5.45. The molecule has 1 aromatic rings. The Balaban J connectivity index is 1.75. The molecule has 4 nitrogen and oxygen atoms in total. The van der Waals surface area contributed by atoms with Gasteiger partial charge in [0.15, 0.2) is 0 Å². The highest BCUT2D eigenvalue weighted by Gasteiger charge is 2.24. The number of carbonyl (C=O) groups excluding carboxylic acids is 1. The number of nitrogens with two attached hydrogens (primary N) is 1. The highest BCUT2D eigenvalue weighted by molar-refractivity contribution is 5.76. The van der Waals surface area contributed by atoms with E-state index >= 15 is 0 Å². The molecular weight excluding hydrogens is 240 g/mol. The highest BCUT2D eigenvalue weighted by atomic mass is 16.3. The molecule has 1 unspecified atom stereocenters. The first-order valence-electron chi connectivity index (χ1n) is 7.28. The van der Waals surface area contributed by atoms with Crippen molar-refractivity contribution >= 4 is 5.91 Å². The minimum atomic E-state index is 0.0809. The minimum Gasteiger partial charge on any atom is -0.467 e. The van der Waals surface area contributed by atoms with Gasteiger partial charge in [-0.05, 0) is 30.5 Å². The first-order chi connectivity index (χ1) is 9.29. The van der Waals surface area contributed by atoms with Gasteiger partial charge in [0, 0.05) is 6.42 Å². The minimum absolute atomic E-state index is 0.0809. The first kappa shape index (κ1) is 14.1. The summed E-state index contributed by atoms with van der Waals surface area (Å²) in [6.45, 7) is 1.08. The Morgan fingerprint density at radius 2 is 2.21 bits per heavy atom. The van der Waals surface area contributed by atoms with Crippen LogP contribution in [0.4, 0.5) is 0 Å². The van der Waals surface area contributed by atoms with Crippen LogP contribution in [0.3, 0.4) is 0 Å². The Morgan fingerprint density at radius 3 is 2.84 bits per heavy atom. The molecule has 0 aromatic carbocycles. The van der Waals surface area contributed by atoms with Crippen LogP contribution in [0.25, 0.3) is 0 Å². The third kappa shape index (κ3) is 4.39. The van der Waals surface area contributed by atoms with Crippen LogP contribution in [0.15, 0.2) is 22.8 Å². The van der Waals surface area contributed by atoms with Gasteiger partial charge in [0.05, 0.1) is 12.8 Å². The van der Waals surface area contributed by atoms with Crippen LogP contribution in [0.5, 0.6) is 0 Å². The van der Waals surface area contributed by atoms with Crippen molar-refractivity contribution < 1.29 is 9.21 Å². The van der Waals surface area contributed by atoms with Crippen molar-refractivity contribution in [1.29, 1.82) is 0 Å². The van der Waals surface area contributed by atoms with Crippen molar-refractivity contribution in [2.45, 2.75) is 45.1 Å². The van der Waals surface area contributed by atoms with E-state index in [9.17, 15) is 4.79 Å². The molecule has 1 aromatic heterocycles. The molecule has 0 saturated heterocycles. The van der Waals surface area contributed by atoms with E-state index in [1.54, 1.807) is 6.26 Å². The van der Waals surface area contributed by atoms with E-state index in [2.05, 4.69) is 5.32 Å². The monoisotopic (exact) mass is 264 g/mol. The largest absolute Gasteiger partial charge is 0.467 e. The molecule has 1 heterocycles.